The second kappa shape index (κ2) is 9.05. The van der Waals surface area contributed by atoms with Crippen molar-refractivity contribution in [2.24, 2.45) is 5.92 Å². The van der Waals surface area contributed by atoms with Crippen LogP contribution in [-0.2, 0) is 9.59 Å². The van der Waals surface area contributed by atoms with Gasteiger partial charge in [0, 0.05) is 25.9 Å². The number of aliphatic hydroxyl groups is 1. The van der Waals surface area contributed by atoms with Crippen molar-refractivity contribution < 1.29 is 14.7 Å². The molecule has 1 aromatic carbocycles. The van der Waals surface area contributed by atoms with Gasteiger partial charge in [0.15, 0.2) is 0 Å². The first-order chi connectivity index (χ1) is 13.4. The van der Waals surface area contributed by atoms with E-state index < -0.39 is 0 Å². The van der Waals surface area contributed by atoms with Gasteiger partial charge in [0.2, 0.25) is 11.8 Å². The summed E-state index contributed by atoms with van der Waals surface area (Å²) in [7, 11) is 3.80. The fourth-order valence-electron chi connectivity index (χ4n) is 4.60. The summed E-state index contributed by atoms with van der Waals surface area (Å²) in [6.07, 6.45) is 3.59. The Kier molecular flexibility index (Phi) is 6.73. The quantitative estimate of drug-likeness (QED) is 0.735. The van der Waals surface area contributed by atoms with Crippen molar-refractivity contribution in [2.75, 3.05) is 40.3 Å². The fraction of sp³-hybridized carbons (Fsp3) is 0.636. The van der Waals surface area contributed by atoms with Gasteiger partial charge in [0.05, 0.1) is 25.2 Å². The normalized spacial score (nSPS) is 24.6. The van der Waals surface area contributed by atoms with Crippen LogP contribution in [0.4, 0.5) is 0 Å². The van der Waals surface area contributed by atoms with Crippen molar-refractivity contribution in [3.05, 3.63) is 35.9 Å². The molecule has 1 heterocycles. The third-order valence-corrected chi connectivity index (χ3v) is 6.19. The molecule has 3 atom stereocenters. The molecular weight excluding hydrogens is 354 g/mol. The van der Waals surface area contributed by atoms with E-state index in [1.807, 2.05) is 42.1 Å². The molecule has 0 radical (unpaired) electrons. The van der Waals surface area contributed by atoms with E-state index in [4.69, 9.17) is 0 Å². The molecular formula is C22H33N3O3. The molecule has 28 heavy (non-hydrogen) atoms. The van der Waals surface area contributed by atoms with Crippen LogP contribution in [0, 0.1) is 5.92 Å². The number of rotatable bonds is 8. The molecule has 2 amide bonds. The number of hydrogen-bond donors (Lipinski definition) is 1. The van der Waals surface area contributed by atoms with Gasteiger partial charge in [-0.05, 0) is 38.4 Å². The molecule has 6 nitrogen and oxygen atoms in total. The number of benzene rings is 1. The maximum absolute atomic E-state index is 12.9. The summed E-state index contributed by atoms with van der Waals surface area (Å²) in [4.78, 5) is 30.8. The monoisotopic (exact) mass is 387 g/mol. The average Bonchev–Trinajstić information content (AvgIpc) is 2.58. The first-order valence-corrected chi connectivity index (χ1v) is 10.3. The number of hydrogen-bond acceptors (Lipinski definition) is 4. The van der Waals surface area contributed by atoms with Crippen molar-refractivity contribution in [3.8, 4) is 0 Å². The minimum Gasteiger partial charge on any atom is -0.394 e. The Labute approximate surface area is 168 Å². The van der Waals surface area contributed by atoms with Crippen molar-refractivity contribution in [2.45, 2.75) is 44.2 Å². The predicted octanol–water partition coefficient (Wildman–Crippen LogP) is 1.55. The van der Waals surface area contributed by atoms with Gasteiger partial charge in [0.25, 0.3) is 0 Å². The van der Waals surface area contributed by atoms with E-state index in [0.717, 1.165) is 12.1 Å². The molecule has 0 bridgehead atoms. The van der Waals surface area contributed by atoms with E-state index >= 15 is 0 Å². The molecule has 2 fully saturated rings. The lowest BCUT2D eigenvalue weighted by atomic mass is 9.74. The van der Waals surface area contributed by atoms with Gasteiger partial charge in [0.1, 0.15) is 0 Å². The lowest BCUT2D eigenvalue weighted by molar-refractivity contribution is -0.153. The molecule has 3 rings (SSSR count). The number of aliphatic hydroxyl groups excluding tert-OH is 1. The molecule has 1 aliphatic carbocycles. The SMILES string of the molecule is CC(=O)N1[C@H](CO)[C@H](c2ccccc2)[C@H]1CN(CC1CCC1)C(=O)CN(C)C. The van der Waals surface area contributed by atoms with Crippen LogP contribution in [0.5, 0.6) is 0 Å². The summed E-state index contributed by atoms with van der Waals surface area (Å²) in [6.45, 7) is 3.15. The molecule has 2 aliphatic rings. The number of amides is 2. The zero-order valence-electron chi connectivity index (χ0n) is 17.3. The highest BCUT2D eigenvalue weighted by molar-refractivity contribution is 5.79. The Morgan fingerprint density at radius 3 is 2.29 bits per heavy atom. The van der Waals surface area contributed by atoms with E-state index in [2.05, 4.69) is 12.1 Å². The number of likely N-dealkylation sites (tertiary alicyclic amines) is 1. The standard InChI is InChI=1S/C22H33N3O3/c1-16(27)25-19(22(20(25)15-26)18-10-5-4-6-11-18)13-24(12-17-8-7-9-17)21(28)14-23(2)3/h4-6,10-11,17,19-20,22,26H,7-9,12-15H2,1-3H3/t19-,20-,22-/m1/s1. The summed E-state index contributed by atoms with van der Waals surface area (Å²) in [5, 5.41) is 9.93. The number of nitrogens with zero attached hydrogens (tertiary/aromatic N) is 3. The predicted molar refractivity (Wildman–Crippen MR) is 109 cm³/mol. The van der Waals surface area contributed by atoms with Crippen LogP contribution in [0.2, 0.25) is 0 Å². The van der Waals surface area contributed by atoms with Gasteiger partial charge >= 0.3 is 0 Å². The van der Waals surface area contributed by atoms with Crippen LogP contribution in [0.3, 0.4) is 0 Å². The van der Waals surface area contributed by atoms with Gasteiger partial charge in [-0.2, -0.15) is 0 Å². The zero-order valence-corrected chi connectivity index (χ0v) is 17.3. The summed E-state index contributed by atoms with van der Waals surface area (Å²) in [5.41, 5.74) is 1.12. The smallest absolute Gasteiger partial charge is 0.236 e. The summed E-state index contributed by atoms with van der Waals surface area (Å²) in [5.74, 6) is 0.687. The van der Waals surface area contributed by atoms with Gasteiger partial charge < -0.3 is 19.8 Å². The molecule has 6 heteroatoms. The van der Waals surface area contributed by atoms with Crippen molar-refractivity contribution in [1.82, 2.24) is 14.7 Å². The third kappa shape index (κ3) is 4.39. The lowest BCUT2D eigenvalue weighted by Gasteiger charge is -2.56. The maximum atomic E-state index is 12.9. The first kappa shape index (κ1) is 20.8. The molecule has 1 saturated heterocycles. The van der Waals surface area contributed by atoms with Crippen molar-refractivity contribution in [3.63, 3.8) is 0 Å². The van der Waals surface area contributed by atoms with Crippen LogP contribution in [-0.4, -0.2) is 84.0 Å². The molecule has 1 N–H and O–H groups in total. The first-order valence-electron chi connectivity index (χ1n) is 10.3. The highest BCUT2D eigenvalue weighted by Gasteiger charge is 2.51. The molecule has 1 saturated carbocycles. The second-order valence-electron chi connectivity index (χ2n) is 8.51. The summed E-state index contributed by atoms with van der Waals surface area (Å²) in [6, 6.07) is 9.73. The maximum Gasteiger partial charge on any atom is 0.236 e. The minimum absolute atomic E-state index is 0.0418. The van der Waals surface area contributed by atoms with Gasteiger partial charge in [-0.1, -0.05) is 36.8 Å². The van der Waals surface area contributed by atoms with Crippen LogP contribution < -0.4 is 0 Å². The molecule has 0 unspecified atom stereocenters. The Bertz CT molecular complexity index is 675. The Hall–Kier alpha value is -1.92. The topological polar surface area (TPSA) is 64.1 Å². The van der Waals surface area contributed by atoms with Gasteiger partial charge in [-0.15, -0.1) is 0 Å². The van der Waals surface area contributed by atoms with Crippen LogP contribution in [0.25, 0.3) is 0 Å². The van der Waals surface area contributed by atoms with Crippen LogP contribution >= 0.6 is 0 Å². The molecule has 0 spiro atoms. The molecule has 154 valence electrons. The zero-order chi connectivity index (χ0) is 20.3. The second-order valence-corrected chi connectivity index (χ2v) is 8.51. The van der Waals surface area contributed by atoms with E-state index in [1.165, 1.54) is 19.3 Å². The van der Waals surface area contributed by atoms with Crippen molar-refractivity contribution >= 4 is 11.8 Å². The fourth-order valence-corrected chi connectivity index (χ4v) is 4.60. The minimum atomic E-state index is -0.223. The summed E-state index contributed by atoms with van der Waals surface area (Å²) >= 11 is 0. The summed E-state index contributed by atoms with van der Waals surface area (Å²) < 4.78 is 0. The largest absolute Gasteiger partial charge is 0.394 e. The number of carbonyl (C=O) groups excluding carboxylic acids is 2. The lowest BCUT2D eigenvalue weighted by Crippen LogP contribution is -2.68. The van der Waals surface area contributed by atoms with E-state index in [-0.39, 0.29) is 36.4 Å². The Morgan fingerprint density at radius 2 is 1.79 bits per heavy atom. The molecule has 0 aromatic heterocycles. The molecule has 1 aromatic rings. The van der Waals surface area contributed by atoms with Crippen LogP contribution in [0.1, 0.15) is 37.7 Å². The Morgan fingerprint density at radius 1 is 1.11 bits per heavy atom. The number of carbonyl (C=O) groups is 2. The van der Waals surface area contributed by atoms with E-state index in [1.54, 1.807) is 11.8 Å². The van der Waals surface area contributed by atoms with Crippen molar-refractivity contribution in [1.29, 1.82) is 0 Å². The van der Waals surface area contributed by atoms with Gasteiger partial charge in [-0.3, -0.25) is 9.59 Å². The van der Waals surface area contributed by atoms with E-state index in [9.17, 15) is 14.7 Å². The highest BCUT2D eigenvalue weighted by atomic mass is 16.3. The number of likely N-dealkylation sites (N-methyl/N-ethyl adjacent to an activating group) is 1. The highest BCUT2D eigenvalue weighted by Crippen LogP contribution is 2.41. The van der Waals surface area contributed by atoms with Gasteiger partial charge in [-0.25, -0.2) is 0 Å². The third-order valence-electron chi connectivity index (χ3n) is 6.19. The molecule has 1 aliphatic heterocycles. The van der Waals surface area contributed by atoms with Crippen LogP contribution in [0.15, 0.2) is 30.3 Å². The van der Waals surface area contributed by atoms with E-state index in [0.29, 0.717) is 19.0 Å². The Balaban J connectivity index is 1.82. The average molecular weight is 388 g/mol.